The molecule has 2 amide bonds. The van der Waals surface area contributed by atoms with Gasteiger partial charge in [0.25, 0.3) is 5.91 Å². The number of β-lactam (4-membered cyclic amide) rings is 1. The van der Waals surface area contributed by atoms with Crippen LogP contribution in [0.1, 0.15) is 10.4 Å². The van der Waals surface area contributed by atoms with Crippen LogP contribution in [0.2, 0.25) is 0 Å². The lowest BCUT2D eigenvalue weighted by Gasteiger charge is -2.50. The first-order chi connectivity index (χ1) is 11.4. The second kappa shape index (κ2) is 6.40. The van der Waals surface area contributed by atoms with Crippen LogP contribution in [0.5, 0.6) is 0 Å². The van der Waals surface area contributed by atoms with Crippen LogP contribution in [0.25, 0.3) is 0 Å². The van der Waals surface area contributed by atoms with E-state index in [1.807, 2.05) is 0 Å². The molecule has 3 atom stereocenters. The van der Waals surface area contributed by atoms with E-state index in [9.17, 15) is 24.3 Å². The third-order valence-corrected chi connectivity index (χ3v) is 5.50. The number of aldehydes is 1. The fourth-order valence-corrected chi connectivity index (χ4v) is 4.03. The fraction of sp³-hybridized carbons (Fsp3) is 0.200. The van der Waals surface area contributed by atoms with Crippen molar-refractivity contribution in [3.05, 3.63) is 45.3 Å². The van der Waals surface area contributed by atoms with E-state index in [1.54, 1.807) is 24.3 Å². The summed E-state index contributed by atoms with van der Waals surface area (Å²) < 4.78 is 0.823. The van der Waals surface area contributed by atoms with Crippen LogP contribution in [-0.4, -0.2) is 51.5 Å². The summed E-state index contributed by atoms with van der Waals surface area (Å²) in [6, 6.07) is 4.51. The number of carboxylic acids is 1. The van der Waals surface area contributed by atoms with Crippen LogP contribution in [-0.2, 0) is 14.4 Å². The summed E-state index contributed by atoms with van der Waals surface area (Å²) in [5, 5.41) is 12.8. The van der Waals surface area contributed by atoms with Gasteiger partial charge in [-0.25, -0.2) is 4.79 Å². The lowest BCUT2D eigenvalue weighted by molar-refractivity contribution is -0.159. The van der Waals surface area contributed by atoms with Gasteiger partial charge in [-0.05, 0) is 29.7 Å². The molecule has 2 heterocycles. The van der Waals surface area contributed by atoms with Gasteiger partial charge in [0, 0.05) is 15.6 Å². The zero-order valence-corrected chi connectivity index (χ0v) is 14.4. The molecule has 1 aromatic rings. The molecular formula is C15H11BrN2O5S. The maximum Gasteiger partial charge on any atom is 0.331 e. The maximum absolute atomic E-state index is 12.3. The number of carbonyl (C=O) groups is 4. The molecule has 0 saturated carbocycles. The summed E-state index contributed by atoms with van der Waals surface area (Å²) in [5.74, 6) is -2.21. The molecule has 2 unspecified atom stereocenters. The molecule has 0 bridgehead atoms. The molecule has 0 spiro atoms. The van der Waals surface area contributed by atoms with Crippen LogP contribution in [0, 0.1) is 0 Å². The second-order valence-electron chi connectivity index (χ2n) is 5.21. The largest absolute Gasteiger partial charge is 0.479 e. The Morgan fingerprint density at radius 1 is 1.29 bits per heavy atom. The average molecular weight is 411 g/mol. The summed E-state index contributed by atoms with van der Waals surface area (Å²) in [7, 11) is 0. The molecule has 1 aromatic carbocycles. The Morgan fingerprint density at radius 2 is 1.96 bits per heavy atom. The Labute approximate surface area is 149 Å². The number of thioether (sulfide) groups is 1. The number of nitrogens with one attached hydrogen (secondary N) is 1. The van der Waals surface area contributed by atoms with Gasteiger partial charge >= 0.3 is 5.97 Å². The molecule has 3 rings (SSSR count). The summed E-state index contributed by atoms with van der Waals surface area (Å²) in [6.45, 7) is 0. The Morgan fingerprint density at radius 3 is 2.54 bits per heavy atom. The van der Waals surface area contributed by atoms with Crippen LogP contribution in [0.3, 0.4) is 0 Å². The van der Waals surface area contributed by atoms with Crippen molar-refractivity contribution in [2.45, 2.75) is 17.5 Å². The third kappa shape index (κ3) is 2.73. The first-order valence-corrected chi connectivity index (χ1v) is 8.59. The molecule has 0 radical (unpaired) electrons. The number of benzene rings is 1. The molecule has 9 heteroatoms. The van der Waals surface area contributed by atoms with E-state index in [2.05, 4.69) is 21.2 Å². The van der Waals surface area contributed by atoms with E-state index in [1.165, 1.54) is 5.41 Å². The second-order valence-corrected chi connectivity index (χ2v) is 7.11. The van der Waals surface area contributed by atoms with Gasteiger partial charge in [0.1, 0.15) is 17.7 Å². The van der Waals surface area contributed by atoms with Gasteiger partial charge in [0.05, 0.1) is 0 Å². The highest BCUT2D eigenvalue weighted by molar-refractivity contribution is 9.10. The third-order valence-electron chi connectivity index (χ3n) is 3.78. The minimum atomic E-state index is -1.30. The number of carbonyl (C=O) groups excluding carboxylic acids is 3. The van der Waals surface area contributed by atoms with Gasteiger partial charge in [0.15, 0.2) is 6.04 Å². The highest BCUT2D eigenvalue weighted by Crippen LogP contribution is 2.39. The molecular weight excluding hydrogens is 400 g/mol. The number of hydrogen-bond acceptors (Lipinski definition) is 5. The van der Waals surface area contributed by atoms with Crippen molar-refractivity contribution < 1.29 is 24.3 Å². The number of amides is 2. The number of rotatable bonds is 4. The van der Waals surface area contributed by atoms with Crippen molar-refractivity contribution in [1.82, 2.24) is 10.2 Å². The Hall–Kier alpha value is -2.13. The van der Waals surface area contributed by atoms with E-state index >= 15 is 0 Å². The lowest BCUT2D eigenvalue weighted by Crippen LogP contribution is -2.73. The van der Waals surface area contributed by atoms with Gasteiger partial charge < -0.3 is 15.3 Å². The predicted octanol–water partition coefficient (Wildman–Crippen LogP) is 0.999. The van der Waals surface area contributed by atoms with Crippen molar-refractivity contribution in [1.29, 1.82) is 0 Å². The molecule has 1 saturated heterocycles. The van der Waals surface area contributed by atoms with E-state index in [-0.39, 0.29) is 5.57 Å². The quantitative estimate of drug-likeness (QED) is 0.566. The number of carboxylic acid groups (broad SMARTS) is 1. The van der Waals surface area contributed by atoms with Gasteiger partial charge in [0.2, 0.25) is 5.91 Å². The minimum Gasteiger partial charge on any atom is -0.479 e. The summed E-state index contributed by atoms with van der Waals surface area (Å²) in [6.07, 6.45) is 0.434. The summed E-state index contributed by atoms with van der Waals surface area (Å²) in [5.41, 5.74) is 0.416. The Balaban J connectivity index is 1.76. The predicted molar refractivity (Wildman–Crippen MR) is 89.2 cm³/mol. The number of hydrogen-bond donors (Lipinski definition) is 2. The molecule has 24 heavy (non-hydrogen) atoms. The smallest absolute Gasteiger partial charge is 0.331 e. The first-order valence-electron chi connectivity index (χ1n) is 6.86. The van der Waals surface area contributed by atoms with Gasteiger partial charge in [-0.3, -0.25) is 14.4 Å². The highest BCUT2D eigenvalue weighted by Gasteiger charge is 2.55. The molecule has 2 aliphatic rings. The molecule has 124 valence electrons. The molecule has 7 nitrogen and oxygen atoms in total. The zero-order valence-electron chi connectivity index (χ0n) is 12.0. The number of nitrogens with zero attached hydrogens (tertiary/aromatic N) is 1. The van der Waals surface area contributed by atoms with Crippen LogP contribution in [0.15, 0.2) is 39.7 Å². The molecule has 1 fully saturated rings. The van der Waals surface area contributed by atoms with E-state index in [0.717, 1.165) is 21.1 Å². The van der Waals surface area contributed by atoms with Gasteiger partial charge in [-0.1, -0.05) is 15.9 Å². The van der Waals surface area contributed by atoms with Crippen molar-refractivity contribution in [2.24, 2.45) is 0 Å². The van der Waals surface area contributed by atoms with Crippen LogP contribution in [0.4, 0.5) is 0 Å². The minimum absolute atomic E-state index is 0.0230. The summed E-state index contributed by atoms with van der Waals surface area (Å²) in [4.78, 5) is 47.9. The van der Waals surface area contributed by atoms with E-state index < -0.39 is 35.2 Å². The monoisotopic (exact) mass is 410 g/mol. The van der Waals surface area contributed by atoms with Crippen LogP contribution < -0.4 is 5.32 Å². The van der Waals surface area contributed by atoms with E-state index in [4.69, 9.17) is 0 Å². The SMILES string of the molecule is O=CC1=CS[C@@H]2C(NC(=O)c3ccc(Br)cc3)C(=O)N2C1C(=O)O. The number of aliphatic carboxylic acids is 1. The van der Waals surface area contributed by atoms with Gasteiger partial charge in [-0.15, -0.1) is 11.8 Å². The molecule has 2 N–H and O–H groups in total. The normalized spacial score (nSPS) is 25.2. The Kier molecular flexibility index (Phi) is 4.46. The van der Waals surface area contributed by atoms with Crippen molar-refractivity contribution in [2.75, 3.05) is 0 Å². The molecule has 0 aromatic heterocycles. The lowest BCUT2D eigenvalue weighted by atomic mass is 9.98. The summed E-state index contributed by atoms with van der Waals surface area (Å²) >= 11 is 4.42. The van der Waals surface area contributed by atoms with Crippen molar-refractivity contribution >= 4 is 51.8 Å². The standard InChI is InChI=1S/C15H11BrN2O5S/c16-9-3-1-7(2-4-9)12(20)17-10-13(21)18-11(15(22)23)8(5-19)6-24-14(10)18/h1-6,10-11,14H,(H,17,20)(H,22,23)/t10?,11?,14-/m1/s1. The number of fused-ring (bicyclic) bond motifs is 1. The first kappa shape index (κ1) is 16.7. The molecule has 2 aliphatic heterocycles. The topological polar surface area (TPSA) is 104 Å². The van der Waals surface area contributed by atoms with Crippen molar-refractivity contribution in [3.63, 3.8) is 0 Å². The van der Waals surface area contributed by atoms with Gasteiger partial charge in [-0.2, -0.15) is 0 Å². The highest BCUT2D eigenvalue weighted by atomic mass is 79.9. The molecule has 0 aliphatic carbocycles. The zero-order chi connectivity index (χ0) is 17.4. The average Bonchev–Trinajstić information content (AvgIpc) is 2.58. The number of halogens is 1. The van der Waals surface area contributed by atoms with Crippen LogP contribution >= 0.6 is 27.7 Å². The van der Waals surface area contributed by atoms with Crippen molar-refractivity contribution in [3.8, 4) is 0 Å². The van der Waals surface area contributed by atoms with E-state index in [0.29, 0.717) is 11.8 Å². The Bertz CT molecular complexity index is 764. The maximum atomic E-state index is 12.3. The fourth-order valence-electron chi connectivity index (χ4n) is 2.59.